The van der Waals surface area contributed by atoms with Crippen LogP contribution in [0.4, 0.5) is 28.4 Å². The second-order valence-electron chi connectivity index (χ2n) is 14.7. The number of hydrogen-bond acceptors (Lipinski definition) is 10. The van der Waals surface area contributed by atoms with E-state index in [4.69, 9.17) is 13.9 Å². The van der Waals surface area contributed by atoms with Crippen LogP contribution in [0.15, 0.2) is 22.7 Å². The van der Waals surface area contributed by atoms with Gasteiger partial charge in [-0.15, -0.1) is 0 Å². The van der Waals surface area contributed by atoms with Crippen LogP contribution in [-0.4, -0.2) is 104 Å². The second-order valence-corrected chi connectivity index (χ2v) is 14.7. The van der Waals surface area contributed by atoms with Crippen molar-refractivity contribution in [1.29, 1.82) is 0 Å². The molecule has 3 atom stereocenters. The van der Waals surface area contributed by atoms with Crippen LogP contribution in [0.25, 0.3) is 11.3 Å². The molecule has 0 unspecified atom stereocenters. The van der Waals surface area contributed by atoms with Gasteiger partial charge in [-0.1, -0.05) is 0 Å². The van der Waals surface area contributed by atoms with E-state index in [0.29, 0.717) is 25.7 Å². The van der Waals surface area contributed by atoms with Gasteiger partial charge in [0.2, 0.25) is 17.5 Å². The van der Waals surface area contributed by atoms with E-state index in [1.807, 2.05) is 0 Å². The molecule has 6 rings (SSSR count). The fourth-order valence-corrected chi connectivity index (χ4v) is 7.09. The maximum atomic E-state index is 14.5. The zero-order valence-electron chi connectivity index (χ0n) is 29.8. The van der Waals surface area contributed by atoms with Gasteiger partial charge in [0.05, 0.1) is 37.5 Å². The third-order valence-electron chi connectivity index (χ3n) is 9.53. The first-order valence-corrected chi connectivity index (χ1v) is 17.1. The fourth-order valence-electron chi connectivity index (χ4n) is 7.09. The van der Waals surface area contributed by atoms with E-state index in [-0.39, 0.29) is 54.4 Å². The molecule has 2 aliphatic heterocycles. The second kappa shape index (κ2) is 13.6. The van der Waals surface area contributed by atoms with Crippen molar-refractivity contribution in [2.45, 2.75) is 102 Å². The Labute approximate surface area is 297 Å². The summed E-state index contributed by atoms with van der Waals surface area (Å²) in [6.45, 7) is 9.33. The molecular formula is C34H42F4N8O6. The molecule has 1 aliphatic carbocycles. The number of carbonyl (C=O) groups excluding carboxylic acids is 3. The first-order valence-electron chi connectivity index (χ1n) is 17.1. The van der Waals surface area contributed by atoms with Crippen molar-refractivity contribution < 1.29 is 45.8 Å². The number of ether oxygens (including phenoxy) is 2. The van der Waals surface area contributed by atoms with Gasteiger partial charge in [-0.3, -0.25) is 19.6 Å². The number of halogens is 4. The predicted octanol–water partition coefficient (Wildman–Crippen LogP) is 4.96. The van der Waals surface area contributed by atoms with Gasteiger partial charge in [-0.25, -0.2) is 14.2 Å². The van der Waals surface area contributed by atoms with Crippen molar-refractivity contribution in [2.24, 2.45) is 0 Å². The molecule has 3 aliphatic rings. The molecule has 2 N–H and O–H groups in total. The molecule has 3 amide bonds. The average molecular weight is 735 g/mol. The van der Waals surface area contributed by atoms with E-state index in [2.05, 4.69) is 25.5 Å². The number of aromatic amines is 1. The lowest BCUT2D eigenvalue weighted by Crippen LogP contribution is -2.59. The number of pyridine rings is 1. The molecule has 1 spiro atoms. The number of alkyl halides is 3. The molecule has 5 heterocycles. The highest BCUT2D eigenvalue weighted by molar-refractivity contribution is 5.94. The Hall–Kier alpha value is -4.90. The van der Waals surface area contributed by atoms with Crippen LogP contribution in [0.1, 0.15) is 82.2 Å². The van der Waals surface area contributed by atoms with Crippen molar-refractivity contribution in [2.75, 3.05) is 31.6 Å². The summed E-state index contributed by atoms with van der Waals surface area (Å²) < 4.78 is 72.6. The SMILES string of the molecule is COc1cc(-c2cc(C(=O)N3CC[C@H](NC(=O)Cc4nc(N5C[C@@H](C)N(C(=O)OC(C)(C)C)[C@@H](C)C5)oc4C(F)(F)F)CC34CC4)[nH]n2)c(F)cn1. The number of carbonyl (C=O) groups is 3. The van der Waals surface area contributed by atoms with E-state index >= 15 is 0 Å². The van der Waals surface area contributed by atoms with Crippen molar-refractivity contribution >= 4 is 23.9 Å². The van der Waals surface area contributed by atoms with Crippen molar-refractivity contribution in [3.05, 3.63) is 41.3 Å². The van der Waals surface area contributed by atoms with Crippen LogP contribution in [0.3, 0.4) is 0 Å². The molecule has 1 saturated carbocycles. The summed E-state index contributed by atoms with van der Waals surface area (Å²) in [6.07, 6.45) is -2.93. The highest BCUT2D eigenvalue weighted by atomic mass is 19.4. The van der Waals surface area contributed by atoms with Crippen molar-refractivity contribution in [3.8, 4) is 17.1 Å². The van der Waals surface area contributed by atoms with E-state index in [0.717, 1.165) is 6.20 Å². The number of rotatable bonds is 7. The molecule has 52 heavy (non-hydrogen) atoms. The number of piperidine rings is 1. The van der Waals surface area contributed by atoms with Crippen LogP contribution in [0, 0.1) is 5.82 Å². The highest BCUT2D eigenvalue weighted by Gasteiger charge is 2.54. The molecule has 0 aromatic carbocycles. The molecule has 2 saturated heterocycles. The number of H-pyrrole nitrogens is 1. The minimum Gasteiger partial charge on any atom is -0.481 e. The summed E-state index contributed by atoms with van der Waals surface area (Å²) in [5.74, 6) is -2.78. The summed E-state index contributed by atoms with van der Waals surface area (Å²) >= 11 is 0. The Morgan fingerprint density at radius 2 is 1.81 bits per heavy atom. The van der Waals surface area contributed by atoms with Gasteiger partial charge in [0.25, 0.3) is 11.9 Å². The number of piperazine rings is 1. The number of oxazole rings is 1. The molecule has 14 nitrogen and oxygen atoms in total. The van der Waals surface area contributed by atoms with Gasteiger partial charge in [0.1, 0.15) is 17.0 Å². The lowest BCUT2D eigenvalue weighted by atomic mass is 9.94. The standard InChI is InChI=1S/C34H42F4N8O6/c1-18-16-44(17-19(2)46(18)31(49)52-32(3,4)5)30-41-24(28(51-30)34(36,37)38)13-26(47)40-20-7-10-45(33(14-20)8-9-33)29(48)25-12-23(42-43-25)21-11-27(50-6)39-15-22(21)35/h11-12,15,18-20H,7-10,13-14,16-17H2,1-6H3,(H,40,47)(H,42,43)/t18-,19+,20-/m0/s1. The molecule has 3 aromatic rings. The van der Waals surface area contributed by atoms with Gasteiger partial charge in [-0.2, -0.15) is 23.3 Å². The Morgan fingerprint density at radius 1 is 1.12 bits per heavy atom. The number of aromatic nitrogens is 4. The van der Waals surface area contributed by atoms with Crippen LogP contribution in [0.5, 0.6) is 5.88 Å². The molecule has 3 fully saturated rings. The third-order valence-corrected chi connectivity index (χ3v) is 9.53. The quantitative estimate of drug-likeness (QED) is 0.318. The minimum absolute atomic E-state index is 0.113. The predicted molar refractivity (Wildman–Crippen MR) is 177 cm³/mol. The first-order chi connectivity index (χ1) is 24.4. The number of hydrogen-bond donors (Lipinski definition) is 2. The largest absolute Gasteiger partial charge is 0.481 e. The van der Waals surface area contributed by atoms with Gasteiger partial charge < -0.3 is 29.0 Å². The normalized spacial score (nSPS) is 21.7. The Balaban J connectivity index is 1.09. The zero-order chi connectivity index (χ0) is 37.7. The molecule has 0 bridgehead atoms. The van der Waals surface area contributed by atoms with Gasteiger partial charge >= 0.3 is 12.3 Å². The van der Waals surface area contributed by atoms with E-state index in [1.165, 1.54) is 24.1 Å². The molecular weight excluding hydrogens is 692 g/mol. The number of nitrogens with one attached hydrogen (secondary N) is 2. The summed E-state index contributed by atoms with van der Waals surface area (Å²) in [4.78, 5) is 52.3. The van der Waals surface area contributed by atoms with Gasteiger partial charge in [0.15, 0.2) is 5.82 Å². The van der Waals surface area contributed by atoms with Crippen molar-refractivity contribution in [1.82, 2.24) is 35.3 Å². The minimum atomic E-state index is -4.90. The number of likely N-dealkylation sites (tertiary alicyclic amines) is 1. The molecule has 282 valence electrons. The van der Waals surface area contributed by atoms with Gasteiger partial charge in [0, 0.05) is 42.8 Å². The zero-order valence-corrected chi connectivity index (χ0v) is 29.8. The topological polar surface area (TPSA) is 159 Å². The maximum Gasteiger partial charge on any atom is 0.451 e. The first kappa shape index (κ1) is 36.9. The smallest absolute Gasteiger partial charge is 0.451 e. The van der Waals surface area contributed by atoms with Crippen LogP contribution < -0.4 is 15.0 Å². The van der Waals surface area contributed by atoms with Crippen LogP contribution in [0.2, 0.25) is 0 Å². The lowest BCUT2D eigenvalue weighted by Gasteiger charge is -2.43. The van der Waals surface area contributed by atoms with Crippen LogP contribution in [-0.2, 0) is 22.1 Å². The highest BCUT2D eigenvalue weighted by Crippen LogP contribution is 2.49. The van der Waals surface area contributed by atoms with Crippen molar-refractivity contribution in [3.63, 3.8) is 0 Å². The Kier molecular flexibility index (Phi) is 9.63. The molecule has 0 radical (unpaired) electrons. The number of nitrogens with zero attached hydrogens (tertiary/aromatic N) is 6. The van der Waals surface area contributed by atoms with E-state index in [1.54, 1.807) is 44.4 Å². The fraction of sp³-hybridized carbons (Fsp3) is 0.588. The summed E-state index contributed by atoms with van der Waals surface area (Å²) in [5.41, 5.74) is -1.31. The summed E-state index contributed by atoms with van der Waals surface area (Å²) in [5, 5.41) is 9.65. The third kappa shape index (κ3) is 7.65. The monoisotopic (exact) mass is 734 g/mol. The number of amides is 3. The van der Waals surface area contributed by atoms with Gasteiger partial charge in [-0.05, 0) is 66.4 Å². The lowest BCUT2D eigenvalue weighted by molar-refractivity contribution is -0.153. The maximum absolute atomic E-state index is 14.5. The van der Waals surface area contributed by atoms with E-state index in [9.17, 15) is 31.9 Å². The molecule has 18 heteroatoms. The van der Waals surface area contributed by atoms with E-state index < -0.39 is 71.1 Å². The summed E-state index contributed by atoms with van der Waals surface area (Å²) in [7, 11) is 1.40. The molecule has 3 aromatic heterocycles. The number of methoxy groups -OCH3 is 1. The Morgan fingerprint density at radius 3 is 2.42 bits per heavy atom. The summed E-state index contributed by atoms with van der Waals surface area (Å²) in [6, 6.07) is 1.30. The Bertz CT molecular complexity index is 1820. The van der Waals surface area contributed by atoms with Crippen LogP contribution >= 0.6 is 0 Å². The number of anilines is 1. The average Bonchev–Trinajstić information content (AvgIpc) is 3.41.